The average molecular weight is 393 g/mol. The van der Waals surface area contributed by atoms with Gasteiger partial charge >= 0.3 is 0 Å². The standard InChI is InChI=1S/C22H27N5O2/c1-14(2)20-10-15(12-29-4)24-21-16(8-9-27(20)21)22(28)25-18-6-5-7-19-17(18)11-23-13-26(19)3/h5-10,14,23H,11-13H2,1-4H3,(H,25,28). The van der Waals surface area contributed by atoms with Crippen molar-refractivity contribution in [3.63, 3.8) is 0 Å². The highest BCUT2D eigenvalue weighted by Gasteiger charge is 2.21. The molecule has 152 valence electrons. The maximum Gasteiger partial charge on any atom is 0.259 e. The lowest BCUT2D eigenvalue weighted by atomic mass is 10.1. The summed E-state index contributed by atoms with van der Waals surface area (Å²) in [7, 11) is 3.68. The Kier molecular flexibility index (Phi) is 5.25. The lowest BCUT2D eigenvalue weighted by Gasteiger charge is -2.29. The first-order valence-corrected chi connectivity index (χ1v) is 9.84. The summed E-state index contributed by atoms with van der Waals surface area (Å²) in [4.78, 5) is 20.0. The van der Waals surface area contributed by atoms with Crippen LogP contribution < -0.4 is 15.5 Å². The van der Waals surface area contributed by atoms with Crippen LogP contribution in [0.4, 0.5) is 11.4 Å². The molecule has 0 saturated carbocycles. The van der Waals surface area contributed by atoms with Gasteiger partial charge in [0.2, 0.25) is 0 Å². The minimum absolute atomic E-state index is 0.161. The summed E-state index contributed by atoms with van der Waals surface area (Å²) in [6.45, 7) is 6.18. The van der Waals surface area contributed by atoms with Gasteiger partial charge in [0.15, 0.2) is 0 Å². The van der Waals surface area contributed by atoms with Crippen LogP contribution in [0.2, 0.25) is 0 Å². The van der Waals surface area contributed by atoms with Gasteiger partial charge in [-0.2, -0.15) is 0 Å². The number of aromatic nitrogens is 2. The third kappa shape index (κ3) is 3.59. The van der Waals surface area contributed by atoms with E-state index in [0.29, 0.717) is 23.7 Å². The Morgan fingerprint density at radius 3 is 2.93 bits per heavy atom. The molecule has 7 nitrogen and oxygen atoms in total. The fourth-order valence-electron chi connectivity index (χ4n) is 3.86. The van der Waals surface area contributed by atoms with Gasteiger partial charge in [0.25, 0.3) is 5.91 Å². The Morgan fingerprint density at radius 1 is 1.34 bits per heavy atom. The molecule has 0 unspecified atom stereocenters. The monoisotopic (exact) mass is 393 g/mol. The van der Waals surface area contributed by atoms with E-state index in [1.165, 1.54) is 0 Å². The lowest BCUT2D eigenvalue weighted by molar-refractivity contribution is 0.102. The van der Waals surface area contributed by atoms with Gasteiger partial charge in [-0.15, -0.1) is 0 Å². The summed E-state index contributed by atoms with van der Waals surface area (Å²) in [5.74, 6) is 0.132. The van der Waals surface area contributed by atoms with Crippen LogP contribution in [0, 0.1) is 0 Å². The van der Waals surface area contributed by atoms with E-state index in [0.717, 1.165) is 41.5 Å². The maximum absolute atomic E-state index is 13.2. The first-order valence-electron chi connectivity index (χ1n) is 9.84. The number of carbonyl (C=O) groups is 1. The number of hydrogen-bond donors (Lipinski definition) is 2. The molecule has 2 aromatic heterocycles. The number of amides is 1. The molecule has 3 heterocycles. The second-order valence-corrected chi connectivity index (χ2v) is 7.72. The number of fused-ring (bicyclic) bond motifs is 2. The van der Waals surface area contributed by atoms with Gasteiger partial charge < -0.3 is 19.4 Å². The summed E-state index contributed by atoms with van der Waals surface area (Å²) in [6, 6.07) is 9.87. The number of methoxy groups -OCH3 is 1. The van der Waals surface area contributed by atoms with Crippen LogP contribution in [0.25, 0.3) is 5.65 Å². The Labute approximate surface area is 170 Å². The predicted molar refractivity (Wildman–Crippen MR) is 114 cm³/mol. The molecule has 3 aromatic rings. The van der Waals surface area contributed by atoms with E-state index in [4.69, 9.17) is 4.74 Å². The van der Waals surface area contributed by atoms with E-state index >= 15 is 0 Å². The quantitative estimate of drug-likeness (QED) is 0.696. The predicted octanol–water partition coefficient (Wildman–Crippen LogP) is 3.35. The topological polar surface area (TPSA) is 70.9 Å². The molecule has 0 fully saturated rings. The highest BCUT2D eigenvalue weighted by molar-refractivity contribution is 6.09. The molecule has 2 N–H and O–H groups in total. The molecule has 0 bridgehead atoms. The summed E-state index contributed by atoms with van der Waals surface area (Å²) < 4.78 is 7.27. The minimum Gasteiger partial charge on any atom is -0.378 e. The first kappa shape index (κ1) is 19.4. The number of rotatable bonds is 5. The average Bonchev–Trinajstić information content (AvgIpc) is 3.12. The maximum atomic E-state index is 13.2. The number of benzene rings is 1. The second-order valence-electron chi connectivity index (χ2n) is 7.72. The van der Waals surface area contributed by atoms with Gasteiger partial charge in [-0.1, -0.05) is 19.9 Å². The minimum atomic E-state index is -0.161. The van der Waals surface area contributed by atoms with Crippen molar-refractivity contribution in [3.8, 4) is 0 Å². The number of nitrogens with one attached hydrogen (secondary N) is 2. The highest BCUT2D eigenvalue weighted by Crippen LogP contribution is 2.30. The van der Waals surface area contributed by atoms with E-state index in [-0.39, 0.29) is 5.91 Å². The molecule has 0 radical (unpaired) electrons. The van der Waals surface area contributed by atoms with Gasteiger partial charge in [-0.25, -0.2) is 4.98 Å². The normalized spacial score (nSPS) is 13.8. The number of carbonyl (C=O) groups excluding carboxylic acids is 1. The largest absolute Gasteiger partial charge is 0.378 e. The summed E-state index contributed by atoms with van der Waals surface area (Å²) in [5.41, 5.74) is 6.17. The molecular formula is C22H27N5O2. The molecule has 1 amide bonds. The summed E-state index contributed by atoms with van der Waals surface area (Å²) >= 11 is 0. The van der Waals surface area contributed by atoms with E-state index in [1.54, 1.807) is 7.11 Å². The van der Waals surface area contributed by atoms with Crippen molar-refractivity contribution in [2.45, 2.75) is 32.9 Å². The van der Waals surface area contributed by atoms with Gasteiger partial charge in [0.05, 0.1) is 24.5 Å². The van der Waals surface area contributed by atoms with Gasteiger partial charge in [-0.05, 0) is 30.2 Å². The van der Waals surface area contributed by atoms with Crippen molar-refractivity contribution in [1.82, 2.24) is 14.7 Å². The number of anilines is 2. The fraction of sp³-hybridized carbons (Fsp3) is 0.364. The number of hydrogen-bond acceptors (Lipinski definition) is 5. The smallest absolute Gasteiger partial charge is 0.259 e. The van der Waals surface area contributed by atoms with Crippen molar-refractivity contribution in [2.75, 3.05) is 31.0 Å². The van der Waals surface area contributed by atoms with Crippen LogP contribution in [-0.2, 0) is 17.9 Å². The van der Waals surface area contributed by atoms with Crippen LogP contribution in [0.15, 0.2) is 36.5 Å². The van der Waals surface area contributed by atoms with E-state index in [1.807, 2.05) is 41.9 Å². The van der Waals surface area contributed by atoms with Crippen molar-refractivity contribution >= 4 is 22.9 Å². The molecule has 0 atom stereocenters. The van der Waals surface area contributed by atoms with Crippen LogP contribution in [-0.4, -0.2) is 36.1 Å². The molecule has 1 aliphatic heterocycles. The van der Waals surface area contributed by atoms with Gasteiger partial charge in [-0.3, -0.25) is 10.1 Å². The van der Waals surface area contributed by atoms with E-state index < -0.39 is 0 Å². The van der Waals surface area contributed by atoms with Crippen molar-refractivity contribution < 1.29 is 9.53 Å². The first-order chi connectivity index (χ1) is 14.0. The fourth-order valence-corrected chi connectivity index (χ4v) is 3.86. The zero-order valence-electron chi connectivity index (χ0n) is 17.3. The third-order valence-corrected chi connectivity index (χ3v) is 5.29. The molecule has 0 aliphatic carbocycles. The molecule has 0 saturated heterocycles. The summed E-state index contributed by atoms with van der Waals surface area (Å²) in [5, 5.41) is 6.45. The zero-order valence-corrected chi connectivity index (χ0v) is 17.3. The molecule has 0 spiro atoms. The Balaban J connectivity index is 1.72. The molecule has 7 heteroatoms. The van der Waals surface area contributed by atoms with Crippen molar-refractivity contribution in [2.24, 2.45) is 0 Å². The van der Waals surface area contributed by atoms with Crippen LogP contribution >= 0.6 is 0 Å². The van der Waals surface area contributed by atoms with Crippen LogP contribution in [0.5, 0.6) is 0 Å². The molecule has 4 rings (SSSR count). The van der Waals surface area contributed by atoms with Crippen LogP contribution in [0.1, 0.15) is 47.1 Å². The molecule has 29 heavy (non-hydrogen) atoms. The molecule has 1 aliphatic rings. The Morgan fingerprint density at radius 2 is 2.17 bits per heavy atom. The second kappa shape index (κ2) is 7.85. The highest BCUT2D eigenvalue weighted by atomic mass is 16.5. The summed E-state index contributed by atoms with van der Waals surface area (Å²) in [6.07, 6.45) is 1.92. The third-order valence-electron chi connectivity index (χ3n) is 5.29. The molecule has 1 aromatic carbocycles. The van der Waals surface area contributed by atoms with E-state index in [2.05, 4.69) is 40.4 Å². The molecular weight excluding hydrogens is 366 g/mol. The SMILES string of the molecule is COCc1cc(C(C)C)n2ccc(C(=O)Nc3cccc4c3CNCN4C)c2n1. The van der Waals surface area contributed by atoms with Crippen LogP contribution in [0.3, 0.4) is 0 Å². The van der Waals surface area contributed by atoms with Gasteiger partial charge in [0.1, 0.15) is 5.65 Å². The number of ether oxygens (including phenoxy) is 1. The van der Waals surface area contributed by atoms with Gasteiger partial charge in [0, 0.05) is 49.5 Å². The number of nitrogens with zero attached hydrogens (tertiary/aromatic N) is 3. The van der Waals surface area contributed by atoms with E-state index in [9.17, 15) is 4.79 Å². The van der Waals surface area contributed by atoms with Crippen molar-refractivity contribution in [3.05, 3.63) is 59.0 Å². The Bertz CT molecular complexity index is 1060. The Hall–Kier alpha value is -2.90. The lowest BCUT2D eigenvalue weighted by Crippen LogP contribution is -2.36. The van der Waals surface area contributed by atoms with Crippen molar-refractivity contribution in [1.29, 1.82) is 0 Å². The zero-order chi connectivity index (χ0) is 20.5.